The maximum absolute atomic E-state index is 12.7. The number of benzene rings is 1. The molecule has 6 heteroatoms. The Morgan fingerprint density at radius 1 is 1.06 bits per heavy atom. The van der Waals surface area contributed by atoms with E-state index in [2.05, 4.69) is 10.2 Å². The number of aromatic nitrogens is 2. The monoisotopic (exact) mass is 254 g/mol. The van der Waals surface area contributed by atoms with Gasteiger partial charge in [0.05, 0.1) is 5.56 Å². The normalized spacial score (nSPS) is 11.3. The summed E-state index contributed by atoms with van der Waals surface area (Å²) in [6, 6.07) is 8.40. The molecule has 1 heterocycles. The molecule has 0 bridgehead atoms. The summed E-state index contributed by atoms with van der Waals surface area (Å²) in [5.74, 6) is 0.189. The largest absolute Gasteiger partial charge is 0.472 e. The maximum Gasteiger partial charge on any atom is 0.416 e. The summed E-state index contributed by atoms with van der Waals surface area (Å²) >= 11 is 0. The van der Waals surface area contributed by atoms with Gasteiger partial charge in [-0.15, -0.1) is 5.10 Å². The van der Waals surface area contributed by atoms with Gasteiger partial charge in [0.1, 0.15) is 6.61 Å². The molecular weight excluding hydrogens is 245 g/mol. The van der Waals surface area contributed by atoms with Gasteiger partial charge in [-0.05, 0) is 12.1 Å². The molecule has 1 aromatic heterocycles. The molecule has 0 fully saturated rings. The third-order valence-electron chi connectivity index (χ3n) is 2.25. The van der Waals surface area contributed by atoms with Crippen molar-refractivity contribution in [3.63, 3.8) is 0 Å². The highest BCUT2D eigenvalue weighted by atomic mass is 19.4. The molecule has 0 atom stereocenters. The Bertz CT molecular complexity index is 514. The van der Waals surface area contributed by atoms with Crippen LogP contribution >= 0.6 is 0 Å². The van der Waals surface area contributed by atoms with Gasteiger partial charge in [0, 0.05) is 17.8 Å². The Hall–Kier alpha value is -2.11. The standard InChI is InChI=1S/C12H9F3N2O/c13-12(14,15)10-5-2-1-4-9(10)8-18-11-6-3-7-16-17-11/h1-7H,8H2. The van der Waals surface area contributed by atoms with Crippen molar-refractivity contribution in [2.45, 2.75) is 12.8 Å². The first-order valence-electron chi connectivity index (χ1n) is 5.13. The van der Waals surface area contributed by atoms with E-state index in [1.54, 1.807) is 6.07 Å². The van der Waals surface area contributed by atoms with Crippen LogP contribution in [0.2, 0.25) is 0 Å². The molecular formula is C12H9F3N2O. The fourth-order valence-corrected chi connectivity index (χ4v) is 1.44. The molecule has 0 saturated carbocycles. The van der Waals surface area contributed by atoms with Gasteiger partial charge < -0.3 is 4.74 Å². The van der Waals surface area contributed by atoms with Crippen molar-refractivity contribution in [3.05, 3.63) is 53.7 Å². The first kappa shape index (κ1) is 12.3. The van der Waals surface area contributed by atoms with Crippen LogP contribution in [0.25, 0.3) is 0 Å². The summed E-state index contributed by atoms with van der Waals surface area (Å²) in [7, 11) is 0. The Labute approximate surface area is 101 Å². The smallest absolute Gasteiger partial charge is 0.416 e. The molecule has 2 aromatic rings. The molecule has 0 aliphatic rings. The Kier molecular flexibility index (Phi) is 3.45. The van der Waals surface area contributed by atoms with Crippen molar-refractivity contribution < 1.29 is 17.9 Å². The average molecular weight is 254 g/mol. The molecule has 0 saturated heterocycles. The number of rotatable bonds is 3. The lowest BCUT2D eigenvalue weighted by molar-refractivity contribution is -0.138. The van der Waals surface area contributed by atoms with Gasteiger partial charge in [0.15, 0.2) is 0 Å². The number of nitrogens with zero attached hydrogens (tertiary/aromatic N) is 2. The lowest BCUT2D eigenvalue weighted by Crippen LogP contribution is -2.11. The molecule has 1 aromatic carbocycles. The van der Waals surface area contributed by atoms with Crippen LogP contribution in [0.1, 0.15) is 11.1 Å². The predicted octanol–water partition coefficient (Wildman–Crippen LogP) is 3.07. The van der Waals surface area contributed by atoms with Crippen LogP contribution in [-0.4, -0.2) is 10.2 Å². The van der Waals surface area contributed by atoms with Crippen LogP contribution in [0.5, 0.6) is 5.88 Å². The summed E-state index contributed by atoms with van der Waals surface area (Å²) in [6.45, 7) is -0.200. The quantitative estimate of drug-likeness (QED) is 0.844. The zero-order chi connectivity index (χ0) is 13.0. The summed E-state index contributed by atoms with van der Waals surface area (Å²) in [5, 5.41) is 7.20. The lowest BCUT2D eigenvalue weighted by atomic mass is 10.1. The highest BCUT2D eigenvalue weighted by molar-refractivity contribution is 5.29. The summed E-state index contributed by atoms with van der Waals surface area (Å²) < 4.78 is 43.2. The van der Waals surface area contributed by atoms with Crippen molar-refractivity contribution in [3.8, 4) is 5.88 Å². The topological polar surface area (TPSA) is 35.0 Å². The second-order valence-electron chi connectivity index (χ2n) is 3.51. The van der Waals surface area contributed by atoms with Gasteiger partial charge in [0.25, 0.3) is 0 Å². The molecule has 0 amide bonds. The number of ether oxygens (including phenoxy) is 1. The fraction of sp³-hybridized carbons (Fsp3) is 0.167. The zero-order valence-corrected chi connectivity index (χ0v) is 9.19. The molecule has 0 N–H and O–H groups in total. The van der Waals surface area contributed by atoms with Crippen LogP contribution < -0.4 is 4.74 Å². The second-order valence-corrected chi connectivity index (χ2v) is 3.51. The van der Waals surface area contributed by atoms with Gasteiger partial charge in [-0.1, -0.05) is 18.2 Å². The molecule has 18 heavy (non-hydrogen) atoms. The number of alkyl halides is 3. The minimum Gasteiger partial charge on any atom is -0.472 e. The van der Waals surface area contributed by atoms with Crippen LogP contribution in [0.4, 0.5) is 13.2 Å². The van der Waals surface area contributed by atoms with Crippen LogP contribution in [-0.2, 0) is 12.8 Å². The summed E-state index contributed by atoms with van der Waals surface area (Å²) in [6.07, 6.45) is -2.93. The number of halogens is 3. The van der Waals surface area contributed by atoms with E-state index in [1.165, 1.54) is 30.5 Å². The molecule has 0 unspecified atom stereocenters. The molecule has 2 rings (SSSR count). The van der Waals surface area contributed by atoms with Crippen molar-refractivity contribution >= 4 is 0 Å². The Morgan fingerprint density at radius 2 is 1.83 bits per heavy atom. The van der Waals surface area contributed by atoms with Gasteiger partial charge in [0.2, 0.25) is 5.88 Å². The van der Waals surface area contributed by atoms with Gasteiger partial charge >= 0.3 is 6.18 Å². The first-order valence-corrected chi connectivity index (χ1v) is 5.13. The molecule has 0 radical (unpaired) electrons. The van der Waals surface area contributed by atoms with E-state index in [9.17, 15) is 13.2 Å². The van der Waals surface area contributed by atoms with E-state index < -0.39 is 11.7 Å². The second kappa shape index (κ2) is 5.03. The van der Waals surface area contributed by atoms with E-state index in [-0.39, 0.29) is 18.1 Å². The highest BCUT2D eigenvalue weighted by Crippen LogP contribution is 2.32. The van der Waals surface area contributed by atoms with Crippen molar-refractivity contribution in [1.82, 2.24) is 10.2 Å². The van der Waals surface area contributed by atoms with E-state index >= 15 is 0 Å². The number of hydrogen-bond acceptors (Lipinski definition) is 3. The molecule has 3 nitrogen and oxygen atoms in total. The molecule has 94 valence electrons. The number of hydrogen-bond donors (Lipinski definition) is 0. The molecule has 0 aliphatic carbocycles. The Morgan fingerprint density at radius 3 is 2.50 bits per heavy atom. The lowest BCUT2D eigenvalue weighted by Gasteiger charge is -2.12. The van der Waals surface area contributed by atoms with Gasteiger partial charge in [-0.2, -0.15) is 18.3 Å². The third kappa shape index (κ3) is 2.97. The van der Waals surface area contributed by atoms with E-state index in [1.807, 2.05) is 0 Å². The van der Waals surface area contributed by atoms with Crippen LogP contribution in [0.3, 0.4) is 0 Å². The van der Waals surface area contributed by atoms with Gasteiger partial charge in [-0.3, -0.25) is 0 Å². The molecule has 0 aliphatic heterocycles. The predicted molar refractivity (Wildman–Crippen MR) is 57.8 cm³/mol. The minimum absolute atomic E-state index is 0.0654. The Balaban J connectivity index is 2.15. The van der Waals surface area contributed by atoms with Crippen LogP contribution in [0.15, 0.2) is 42.6 Å². The fourth-order valence-electron chi connectivity index (χ4n) is 1.44. The summed E-state index contributed by atoms with van der Waals surface area (Å²) in [4.78, 5) is 0. The van der Waals surface area contributed by atoms with E-state index in [0.29, 0.717) is 0 Å². The highest BCUT2D eigenvalue weighted by Gasteiger charge is 2.32. The maximum atomic E-state index is 12.7. The van der Waals surface area contributed by atoms with E-state index in [0.717, 1.165) is 6.07 Å². The van der Waals surface area contributed by atoms with Crippen molar-refractivity contribution in [2.24, 2.45) is 0 Å². The molecule has 0 spiro atoms. The van der Waals surface area contributed by atoms with Crippen molar-refractivity contribution in [2.75, 3.05) is 0 Å². The van der Waals surface area contributed by atoms with E-state index in [4.69, 9.17) is 4.74 Å². The zero-order valence-electron chi connectivity index (χ0n) is 9.19. The average Bonchev–Trinajstić information content (AvgIpc) is 2.37. The van der Waals surface area contributed by atoms with Crippen molar-refractivity contribution in [1.29, 1.82) is 0 Å². The van der Waals surface area contributed by atoms with Gasteiger partial charge in [-0.25, -0.2) is 0 Å². The third-order valence-corrected chi connectivity index (χ3v) is 2.25. The minimum atomic E-state index is -4.39. The first-order chi connectivity index (χ1) is 8.57. The SMILES string of the molecule is FC(F)(F)c1ccccc1COc1cccnn1. The summed E-state index contributed by atoms with van der Waals surface area (Å²) in [5.41, 5.74) is -0.635. The van der Waals surface area contributed by atoms with Crippen LogP contribution in [0, 0.1) is 0 Å².